The first kappa shape index (κ1) is 18.9. The Kier molecular flexibility index (Phi) is 7.73. The zero-order valence-corrected chi connectivity index (χ0v) is 14.5. The van der Waals surface area contributed by atoms with Crippen molar-refractivity contribution >= 4 is 5.97 Å². The van der Waals surface area contributed by atoms with Crippen LogP contribution in [-0.4, -0.2) is 22.7 Å². The third-order valence-electron chi connectivity index (χ3n) is 5.35. The molecule has 0 saturated heterocycles. The van der Waals surface area contributed by atoms with E-state index >= 15 is 0 Å². The van der Waals surface area contributed by atoms with Crippen LogP contribution in [0.1, 0.15) is 68.6 Å². The van der Waals surface area contributed by atoms with E-state index in [9.17, 15) is 9.90 Å². The van der Waals surface area contributed by atoms with E-state index in [4.69, 9.17) is 10.8 Å². The summed E-state index contributed by atoms with van der Waals surface area (Å²) in [6, 6.07) is 8.29. The first-order valence-electron chi connectivity index (χ1n) is 9.29. The van der Waals surface area contributed by atoms with E-state index in [-0.39, 0.29) is 12.5 Å². The molecule has 0 heterocycles. The highest BCUT2D eigenvalue weighted by atomic mass is 16.4. The lowest BCUT2D eigenvalue weighted by molar-refractivity contribution is -0.137. The number of aliphatic hydroxyl groups excluding tert-OH is 1. The third-order valence-corrected chi connectivity index (χ3v) is 5.35. The van der Waals surface area contributed by atoms with Gasteiger partial charge in [0.25, 0.3) is 0 Å². The largest absolute Gasteiger partial charge is 0.481 e. The van der Waals surface area contributed by atoms with Gasteiger partial charge in [-0.05, 0) is 74.5 Å². The molecular weight excluding hydrogens is 302 g/mol. The van der Waals surface area contributed by atoms with Gasteiger partial charge in [-0.1, -0.05) is 30.7 Å². The first-order valence-corrected chi connectivity index (χ1v) is 9.29. The maximum Gasteiger partial charge on any atom is 0.303 e. The fourth-order valence-electron chi connectivity index (χ4n) is 3.68. The van der Waals surface area contributed by atoms with Crippen LogP contribution in [-0.2, 0) is 11.2 Å². The lowest BCUT2D eigenvalue weighted by Gasteiger charge is -2.31. The number of carboxylic acid groups (broad SMARTS) is 1. The van der Waals surface area contributed by atoms with Crippen LogP contribution in [0.4, 0.5) is 0 Å². The average molecular weight is 333 g/mol. The Morgan fingerprint density at radius 2 is 1.75 bits per heavy atom. The summed E-state index contributed by atoms with van der Waals surface area (Å²) in [6.07, 6.45) is 7.96. The van der Waals surface area contributed by atoms with E-state index in [0.717, 1.165) is 63.5 Å². The van der Waals surface area contributed by atoms with Gasteiger partial charge in [-0.2, -0.15) is 0 Å². The monoisotopic (exact) mass is 333 g/mol. The number of benzene rings is 1. The molecule has 1 aliphatic rings. The Morgan fingerprint density at radius 1 is 1.08 bits per heavy atom. The van der Waals surface area contributed by atoms with Gasteiger partial charge in [0.05, 0.1) is 6.10 Å². The predicted molar refractivity (Wildman–Crippen MR) is 95.7 cm³/mol. The van der Waals surface area contributed by atoms with Gasteiger partial charge in [0, 0.05) is 6.42 Å². The van der Waals surface area contributed by atoms with Gasteiger partial charge in [0.15, 0.2) is 0 Å². The number of carboxylic acids is 1. The number of nitrogens with two attached hydrogens (primary N) is 1. The molecule has 0 radical (unpaired) electrons. The van der Waals surface area contributed by atoms with Gasteiger partial charge in [-0.15, -0.1) is 0 Å². The molecule has 4 N–H and O–H groups in total. The molecule has 1 fully saturated rings. The summed E-state index contributed by atoms with van der Waals surface area (Å²) >= 11 is 0. The van der Waals surface area contributed by atoms with Crippen molar-refractivity contribution in [2.24, 2.45) is 17.6 Å². The second-order valence-electron chi connectivity index (χ2n) is 7.16. The van der Waals surface area contributed by atoms with Gasteiger partial charge >= 0.3 is 5.97 Å². The van der Waals surface area contributed by atoms with Crippen molar-refractivity contribution in [2.75, 3.05) is 6.54 Å². The minimum absolute atomic E-state index is 0.261. The summed E-state index contributed by atoms with van der Waals surface area (Å²) in [5.41, 5.74) is 8.01. The van der Waals surface area contributed by atoms with Crippen LogP contribution in [0, 0.1) is 11.8 Å². The van der Waals surface area contributed by atoms with Crippen LogP contribution in [0.3, 0.4) is 0 Å². The second kappa shape index (κ2) is 9.80. The molecule has 2 rings (SSSR count). The Morgan fingerprint density at radius 3 is 2.33 bits per heavy atom. The molecule has 4 heteroatoms. The maximum absolute atomic E-state index is 10.6. The number of rotatable bonds is 9. The molecule has 0 amide bonds. The number of aliphatic carboxylic acids is 1. The van der Waals surface area contributed by atoms with Crippen molar-refractivity contribution in [1.29, 1.82) is 0 Å². The van der Waals surface area contributed by atoms with Crippen LogP contribution < -0.4 is 5.73 Å². The number of carbonyl (C=O) groups is 1. The van der Waals surface area contributed by atoms with Crippen LogP contribution in [0.25, 0.3) is 0 Å². The second-order valence-corrected chi connectivity index (χ2v) is 7.16. The molecule has 0 aromatic heterocycles. The molecule has 0 bridgehead atoms. The van der Waals surface area contributed by atoms with E-state index in [1.165, 1.54) is 5.56 Å². The van der Waals surface area contributed by atoms with E-state index in [1.807, 2.05) is 12.1 Å². The number of hydrogen-bond acceptors (Lipinski definition) is 3. The lowest BCUT2D eigenvalue weighted by Crippen LogP contribution is -2.24. The molecule has 1 aliphatic carbocycles. The standard InChI is InChI=1S/C20H31NO3/c21-14-16-8-12-18(13-9-16)20(24)17-10-6-15(7-11-17)4-2-1-3-5-19(22)23/h6-7,10-11,16,18,20,24H,1-5,8-9,12-14,21H2,(H,22,23). The molecule has 1 aromatic carbocycles. The van der Waals surface area contributed by atoms with Crippen LogP contribution in [0.5, 0.6) is 0 Å². The summed E-state index contributed by atoms with van der Waals surface area (Å²) in [5.74, 6) is 0.278. The summed E-state index contributed by atoms with van der Waals surface area (Å²) in [7, 11) is 0. The Labute approximate surface area is 145 Å². The van der Waals surface area contributed by atoms with Crippen molar-refractivity contribution in [3.8, 4) is 0 Å². The summed E-state index contributed by atoms with van der Waals surface area (Å²) in [4.78, 5) is 10.5. The third kappa shape index (κ3) is 5.91. The zero-order valence-electron chi connectivity index (χ0n) is 14.5. The SMILES string of the molecule is NCC1CCC(C(O)c2ccc(CCCCCC(=O)O)cc2)CC1. The summed E-state index contributed by atoms with van der Waals surface area (Å²) in [6.45, 7) is 0.768. The maximum atomic E-state index is 10.6. The minimum Gasteiger partial charge on any atom is -0.481 e. The Bertz CT molecular complexity index is 492. The number of aliphatic hydroxyl groups is 1. The molecule has 24 heavy (non-hydrogen) atoms. The highest BCUT2D eigenvalue weighted by molar-refractivity contribution is 5.66. The number of hydrogen-bond donors (Lipinski definition) is 3. The van der Waals surface area contributed by atoms with E-state index in [2.05, 4.69) is 12.1 Å². The molecule has 1 unspecified atom stereocenters. The summed E-state index contributed by atoms with van der Waals surface area (Å²) < 4.78 is 0. The number of aryl methyl sites for hydroxylation is 1. The quantitative estimate of drug-likeness (QED) is 0.602. The predicted octanol–water partition coefficient (Wildman–Crippen LogP) is 3.67. The van der Waals surface area contributed by atoms with Gasteiger partial charge in [-0.25, -0.2) is 0 Å². The average Bonchev–Trinajstić information content (AvgIpc) is 2.61. The van der Waals surface area contributed by atoms with Gasteiger partial charge in [-0.3, -0.25) is 4.79 Å². The normalized spacial score (nSPS) is 22.2. The fraction of sp³-hybridized carbons (Fsp3) is 0.650. The van der Waals surface area contributed by atoms with Gasteiger partial charge in [0.1, 0.15) is 0 Å². The molecule has 4 nitrogen and oxygen atoms in total. The van der Waals surface area contributed by atoms with Crippen molar-refractivity contribution in [3.63, 3.8) is 0 Å². The van der Waals surface area contributed by atoms with E-state index < -0.39 is 5.97 Å². The van der Waals surface area contributed by atoms with E-state index in [0.29, 0.717) is 11.8 Å². The summed E-state index contributed by atoms with van der Waals surface area (Å²) in [5, 5.41) is 19.2. The number of unbranched alkanes of at least 4 members (excludes halogenated alkanes) is 2. The van der Waals surface area contributed by atoms with Crippen molar-refractivity contribution in [2.45, 2.75) is 63.9 Å². The molecule has 0 spiro atoms. The highest BCUT2D eigenvalue weighted by Gasteiger charge is 2.26. The van der Waals surface area contributed by atoms with Crippen molar-refractivity contribution < 1.29 is 15.0 Å². The first-order chi connectivity index (χ1) is 11.6. The van der Waals surface area contributed by atoms with Crippen LogP contribution in [0.2, 0.25) is 0 Å². The van der Waals surface area contributed by atoms with Gasteiger partial charge in [0.2, 0.25) is 0 Å². The van der Waals surface area contributed by atoms with Crippen molar-refractivity contribution in [1.82, 2.24) is 0 Å². The van der Waals surface area contributed by atoms with Crippen LogP contribution >= 0.6 is 0 Å². The topological polar surface area (TPSA) is 83.5 Å². The van der Waals surface area contributed by atoms with E-state index in [1.54, 1.807) is 0 Å². The highest BCUT2D eigenvalue weighted by Crippen LogP contribution is 2.36. The molecule has 134 valence electrons. The molecule has 0 aliphatic heterocycles. The molecule has 1 saturated carbocycles. The molecule has 1 aromatic rings. The van der Waals surface area contributed by atoms with Crippen LogP contribution in [0.15, 0.2) is 24.3 Å². The van der Waals surface area contributed by atoms with Crippen molar-refractivity contribution in [3.05, 3.63) is 35.4 Å². The lowest BCUT2D eigenvalue weighted by atomic mass is 9.78. The Hall–Kier alpha value is -1.39. The molecular formula is C20H31NO3. The fourth-order valence-corrected chi connectivity index (χ4v) is 3.68. The smallest absolute Gasteiger partial charge is 0.303 e. The Balaban J connectivity index is 1.75. The molecule has 1 atom stereocenters. The van der Waals surface area contributed by atoms with Gasteiger partial charge < -0.3 is 15.9 Å². The zero-order chi connectivity index (χ0) is 17.4. The minimum atomic E-state index is -0.714.